The number of rotatable bonds is 3. The molecule has 0 saturated heterocycles. The van der Waals surface area contributed by atoms with Gasteiger partial charge in [-0.1, -0.05) is 19.9 Å². The van der Waals surface area contributed by atoms with Crippen molar-refractivity contribution in [2.45, 2.75) is 19.9 Å². The molecule has 0 aromatic heterocycles. The Morgan fingerprint density at radius 2 is 2.15 bits per heavy atom. The fourth-order valence-corrected chi connectivity index (χ4v) is 1.15. The van der Waals surface area contributed by atoms with Crippen molar-refractivity contribution in [1.29, 1.82) is 5.26 Å². The van der Waals surface area contributed by atoms with Crippen molar-refractivity contribution < 1.29 is 4.79 Å². The molecule has 3 nitrogen and oxygen atoms in total. The van der Waals surface area contributed by atoms with Crippen LogP contribution in [0.5, 0.6) is 0 Å². The van der Waals surface area contributed by atoms with Gasteiger partial charge < -0.3 is 4.90 Å². The van der Waals surface area contributed by atoms with Gasteiger partial charge >= 0.3 is 0 Å². The lowest BCUT2D eigenvalue weighted by molar-refractivity contribution is 0.211. The van der Waals surface area contributed by atoms with Crippen LogP contribution in [0.4, 0.5) is 4.79 Å². The second-order valence-corrected chi connectivity index (χ2v) is 3.35. The Bertz CT molecular complexity index is 242. The Labute approximate surface area is 80.4 Å². The highest BCUT2D eigenvalue weighted by atomic mass is 16.1. The minimum Gasteiger partial charge on any atom is -0.348 e. The number of nitrogens with zero attached hydrogens (tertiary/aromatic N) is 2. The number of nitriles is 1. The Morgan fingerprint density at radius 1 is 1.62 bits per heavy atom. The van der Waals surface area contributed by atoms with Gasteiger partial charge in [-0.2, -0.15) is 5.26 Å². The Morgan fingerprint density at radius 3 is 2.46 bits per heavy atom. The zero-order valence-corrected chi connectivity index (χ0v) is 8.61. The number of carbonyl (C=O) groups excluding carboxylic acids is 1. The largest absolute Gasteiger partial charge is 0.348 e. The first kappa shape index (κ1) is 11.8. The van der Waals surface area contributed by atoms with Crippen LogP contribution in [-0.2, 0) is 0 Å². The minimum atomic E-state index is 0.0112. The van der Waals surface area contributed by atoms with E-state index in [1.807, 2.05) is 19.9 Å². The van der Waals surface area contributed by atoms with Gasteiger partial charge in [0.25, 0.3) is 0 Å². The first-order valence-electron chi connectivity index (χ1n) is 4.30. The summed E-state index contributed by atoms with van der Waals surface area (Å²) in [6.45, 7) is 4.04. The number of likely N-dealkylation sites (N-methyl/N-ethyl adjacent to an activating group) is 1. The van der Waals surface area contributed by atoms with E-state index in [0.717, 1.165) is 0 Å². The van der Waals surface area contributed by atoms with E-state index in [9.17, 15) is 4.79 Å². The van der Waals surface area contributed by atoms with E-state index >= 15 is 0 Å². The molecular formula is C9H15BN2O. The lowest BCUT2D eigenvalue weighted by Gasteiger charge is -2.27. The summed E-state index contributed by atoms with van der Waals surface area (Å²) >= 11 is 0. The average molecular weight is 178 g/mol. The highest BCUT2D eigenvalue weighted by Gasteiger charge is 2.16. The highest BCUT2D eigenvalue weighted by molar-refractivity contribution is 6.56. The zero-order valence-electron chi connectivity index (χ0n) is 8.61. The van der Waals surface area contributed by atoms with Gasteiger partial charge in [-0.3, -0.25) is 4.79 Å². The number of carbonyl (C=O) groups is 1. The maximum absolute atomic E-state index is 11.1. The molecule has 0 heterocycles. The summed E-state index contributed by atoms with van der Waals surface area (Å²) in [7, 11) is 3.27. The molecule has 0 radical (unpaired) electrons. The van der Waals surface area contributed by atoms with Crippen molar-refractivity contribution in [2.75, 3.05) is 7.05 Å². The monoisotopic (exact) mass is 178 g/mol. The Kier molecular flexibility index (Phi) is 4.90. The number of allylic oxidation sites excluding steroid dienone is 1. The normalized spacial score (nSPS) is 12.8. The van der Waals surface area contributed by atoms with Crippen LogP contribution in [0.25, 0.3) is 0 Å². The minimum absolute atomic E-state index is 0.0112. The summed E-state index contributed by atoms with van der Waals surface area (Å²) in [6, 6.07) is 1.94. The fraction of sp³-hybridized carbons (Fsp3) is 0.556. The molecule has 0 fully saturated rings. The maximum atomic E-state index is 11.1. The molecule has 0 unspecified atom stereocenters. The van der Waals surface area contributed by atoms with Crippen LogP contribution in [0.15, 0.2) is 12.2 Å². The summed E-state index contributed by atoms with van der Waals surface area (Å²) in [5.41, 5.74) is 0. The van der Waals surface area contributed by atoms with Crippen molar-refractivity contribution in [2.24, 2.45) is 5.92 Å². The molecule has 0 aliphatic heterocycles. The van der Waals surface area contributed by atoms with Gasteiger partial charge in [0.2, 0.25) is 7.85 Å². The topological polar surface area (TPSA) is 44.1 Å². The molecule has 0 aromatic rings. The molecular weight excluding hydrogens is 163 g/mol. The summed E-state index contributed by atoms with van der Waals surface area (Å²) in [5, 5.41) is 8.38. The smallest absolute Gasteiger partial charge is 0.215 e. The Balaban J connectivity index is 4.53. The number of hydrogen-bond donors (Lipinski definition) is 0. The molecule has 0 aliphatic carbocycles. The van der Waals surface area contributed by atoms with Crippen molar-refractivity contribution >= 4 is 13.7 Å². The van der Waals surface area contributed by atoms with E-state index < -0.39 is 0 Å². The molecule has 1 atom stereocenters. The maximum Gasteiger partial charge on any atom is 0.215 e. The van der Waals surface area contributed by atoms with Crippen molar-refractivity contribution in [3.8, 4) is 6.07 Å². The summed E-state index contributed by atoms with van der Waals surface area (Å²) < 4.78 is 0. The van der Waals surface area contributed by atoms with E-state index in [0.29, 0.717) is 5.92 Å². The van der Waals surface area contributed by atoms with Gasteiger partial charge in [0.15, 0.2) is 5.81 Å². The standard InChI is InChI=1S/C9H15BN2O/c1-7(2)8(5-4-6-11)12(3)9(10)13/h4-5,7-8H,10H2,1-3H3/b5-4+/t8-/m1/s1. The summed E-state index contributed by atoms with van der Waals surface area (Å²) in [6.07, 6.45) is 3.18. The molecule has 4 heteroatoms. The van der Waals surface area contributed by atoms with Crippen LogP contribution >= 0.6 is 0 Å². The summed E-state index contributed by atoms with van der Waals surface area (Å²) in [4.78, 5) is 12.7. The third-order valence-corrected chi connectivity index (χ3v) is 1.99. The van der Waals surface area contributed by atoms with Crippen LogP contribution in [0.2, 0.25) is 0 Å². The molecule has 0 spiro atoms. The van der Waals surface area contributed by atoms with E-state index in [4.69, 9.17) is 5.26 Å². The molecule has 0 rings (SSSR count). The highest BCUT2D eigenvalue weighted by Crippen LogP contribution is 2.10. The first-order valence-corrected chi connectivity index (χ1v) is 4.30. The second kappa shape index (κ2) is 5.42. The Hall–Kier alpha value is -1.24. The van der Waals surface area contributed by atoms with Crippen LogP contribution < -0.4 is 0 Å². The second-order valence-electron chi connectivity index (χ2n) is 3.35. The molecule has 1 amide bonds. The quantitative estimate of drug-likeness (QED) is 0.473. The van der Waals surface area contributed by atoms with Crippen LogP contribution in [-0.4, -0.2) is 31.6 Å². The van der Waals surface area contributed by atoms with E-state index in [-0.39, 0.29) is 11.8 Å². The lowest BCUT2D eigenvalue weighted by Crippen LogP contribution is -2.38. The van der Waals surface area contributed by atoms with Crippen LogP contribution in [0.1, 0.15) is 13.8 Å². The van der Waals surface area contributed by atoms with Gasteiger partial charge in [0.1, 0.15) is 0 Å². The van der Waals surface area contributed by atoms with Crippen molar-refractivity contribution in [3.63, 3.8) is 0 Å². The van der Waals surface area contributed by atoms with E-state index in [2.05, 4.69) is 0 Å². The predicted octanol–water partition coefficient (Wildman–Crippen LogP) is 0.776. The SMILES string of the molecule is BC(=O)N(C)[C@H](/C=C/C#N)C(C)C. The first-order chi connectivity index (χ1) is 6.00. The zero-order chi connectivity index (χ0) is 10.4. The number of hydrogen-bond acceptors (Lipinski definition) is 2. The van der Waals surface area contributed by atoms with Gasteiger partial charge in [-0.05, 0) is 5.92 Å². The molecule has 70 valence electrons. The third kappa shape index (κ3) is 3.79. The average Bonchev–Trinajstić information content (AvgIpc) is 2.04. The van der Waals surface area contributed by atoms with Crippen molar-refractivity contribution in [3.05, 3.63) is 12.2 Å². The van der Waals surface area contributed by atoms with Gasteiger partial charge in [-0.15, -0.1) is 0 Å². The number of amides is 1. The van der Waals surface area contributed by atoms with Gasteiger partial charge in [0.05, 0.1) is 12.1 Å². The van der Waals surface area contributed by atoms with Gasteiger partial charge in [0, 0.05) is 13.1 Å². The van der Waals surface area contributed by atoms with E-state index in [1.54, 1.807) is 18.0 Å². The predicted molar refractivity (Wildman–Crippen MR) is 55.1 cm³/mol. The fourth-order valence-electron chi connectivity index (χ4n) is 1.15. The third-order valence-electron chi connectivity index (χ3n) is 1.99. The molecule has 0 aromatic carbocycles. The van der Waals surface area contributed by atoms with Crippen molar-refractivity contribution in [1.82, 2.24) is 4.90 Å². The molecule has 13 heavy (non-hydrogen) atoms. The molecule has 0 aliphatic rings. The van der Waals surface area contributed by atoms with Crippen LogP contribution in [0.3, 0.4) is 0 Å². The van der Waals surface area contributed by atoms with Crippen LogP contribution in [0, 0.1) is 17.2 Å². The van der Waals surface area contributed by atoms with Gasteiger partial charge in [-0.25, -0.2) is 0 Å². The molecule has 0 bridgehead atoms. The summed E-state index contributed by atoms with van der Waals surface area (Å²) in [5.74, 6) is 0.333. The molecule has 0 saturated carbocycles. The molecule has 0 N–H and O–H groups in total. The lowest BCUT2D eigenvalue weighted by atomic mass is 9.99. The van der Waals surface area contributed by atoms with E-state index in [1.165, 1.54) is 13.9 Å².